The molecule has 0 aliphatic carbocycles. The SMILES string of the molecule is COCCCN(CC(=O)N(Cc1ccc2c(c1)OCO2)Cc1cccs1)S(=O)(=O)c1ccc(C)cc1. The summed E-state index contributed by atoms with van der Waals surface area (Å²) >= 11 is 1.55. The molecule has 1 aliphatic heterocycles. The monoisotopic (exact) mass is 530 g/mol. The molecule has 0 radical (unpaired) electrons. The molecule has 0 unspecified atom stereocenters. The number of methoxy groups -OCH3 is 1. The van der Waals surface area contributed by atoms with Crippen molar-refractivity contribution >= 4 is 27.3 Å². The first kappa shape index (κ1) is 26.2. The Balaban J connectivity index is 1.57. The van der Waals surface area contributed by atoms with Gasteiger partial charge in [-0.1, -0.05) is 29.8 Å². The van der Waals surface area contributed by atoms with Crippen LogP contribution in [0.25, 0.3) is 0 Å². The maximum absolute atomic E-state index is 13.6. The number of carbonyl (C=O) groups excluding carboxylic acids is 1. The number of rotatable bonds is 12. The molecule has 36 heavy (non-hydrogen) atoms. The molecular formula is C26H30N2O6S2. The second-order valence-electron chi connectivity index (χ2n) is 8.51. The lowest BCUT2D eigenvalue weighted by atomic mass is 10.2. The van der Waals surface area contributed by atoms with Crippen molar-refractivity contribution in [3.8, 4) is 11.5 Å². The van der Waals surface area contributed by atoms with Crippen LogP contribution in [0.15, 0.2) is 64.9 Å². The Morgan fingerprint density at radius 3 is 2.56 bits per heavy atom. The predicted octanol–water partition coefficient (Wildman–Crippen LogP) is 4.04. The second kappa shape index (κ2) is 11.9. The molecule has 1 aliphatic rings. The van der Waals surface area contributed by atoms with Crippen LogP contribution in [0.5, 0.6) is 11.5 Å². The number of amides is 1. The van der Waals surface area contributed by atoms with E-state index in [1.165, 1.54) is 4.31 Å². The molecule has 2 aromatic carbocycles. The summed E-state index contributed by atoms with van der Waals surface area (Å²) in [5.41, 5.74) is 1.83. The maximum Gasteiger partial charge on any atom is 0.243 e. The van der Waals surface area contributed by atoms with Crippen molar-refractivity contribution in [2.45, 2.75) is 31.3 Å². The van der Waals surface area contributed by atoms with Gasteiger partial charge in [-0.15, -0.1) is 11.3 Å². The molecule has 0 spiro atoms. The highest BCUT2D eigenvalue weighted by molar-refractivity contribution is 7.89. The molecule has 0 N–H and O–H groups in total. The Labute approximate surface area is 216 Å². The van der Waals surface area contributed by atoms with E-state index in [0.717, 1.165) is 16.0 Å². The zero-order chi connectivity index (χ0) is 25.5. The van der Waals surface area contributed by atoms with Crippen LogP contribution in [0.2, 0.25) is 0 Å². The Kier molecular flexibility index (Phi) is 8.63. The number of benzene rings is 2. The highest BCUT2D eigenvalue weighted by Gasteiger charge is 2.29. The first-order valence-corrected chi connectivity index (χ1v) is 13.9. The molecule has 1 aromatic heterocycles. The van der Waals surface area contributed by atoms with Gasteiger partial charge in [0.25, 0.3) is 0 Å². The number of thiophene rings is 1. The van der Waals surface area contributed by atoms with Gasteiger partial charge in [-0.05, 0) is 54.6 Å². The third-order valence-electron chi connectivity index (χ3n) is 5.82. The van der Waals surface area contributed by atoms with Gasteiger partial charge in [-0.2, -0.15) is 4.31 Å². The molecular weight excluding hydrogens is 500 g/mol. The highest BCUT2D eigenvalue weighted by Crippen LogP contribution is 2.33. The summed E-state index contributed by atoms with van der Waals surface area (Å²) in [6.45, 7) is 3.05. The van der Waals surface area contributed by atoms with Crippen LogP contribution < -0.4 is 9.47 Å². The van der Waals surface area contributed by atoms with Crippen molar-refractivity contribution < 1.29 is 27.4 Å². The summed E-state index contributed by atoms with van der Waals surface area (Å²) in [4.78, 5) is 16.5. The number of nitrogens with zero attached hydrogens (tertiary/aromatic N) is 2. The molecule has 2 heterocycles. The predicted molar refractivity (Wildman–Crippen MR) is 138 cm³/mol. The van der Waals surface area contributed by atoms with E-state index in [-0.39, 0.29) is 30.7 Å². The van der Waals surface area contributed by atoms with Gasteiger partial charge in [-0.3, -0.25) is 4.79 Å². The largest absolute Gasteiger partial charge is 0.454 e. The van der Waals surface area contributed by atoms with E-state index in [1.54, 1.807) is 47.6 Å². The third-order valence-corrected chi connectivity index (χ3v) is 8.54. The summed E-state index contributed by atoms with van der Waals surface area (Å²) in [5, 5.41) is 1.96. The molecule has 0 fully saturated rings. The number of ether oxygens (including phenoxy) is 3. The number of hydrogen-bond acceptors (Lipinski definition) is 7. The van der Waals surface area contributed by atoms with Crippen LogP contribution in [0.4, 0.5) is 0 Å². The molecule has 10 heteroatoms. The Morgan fingerprint density at radius 1 is 1.06 bits per heavy atom. The maximum atomic E-state index is 13.6. The minimum atomic E-state index is -3.87. The number of carbonyl (C=O) groups is 1. The van der Waals surface area contributed by atoms with Crippen LogP contribution >= 0.6 is 11.3 Å². The summed E-state index contributed by atoms with van der Waals surface area (Å²) in [7, 11) is -2.31. The number of hydrogen-bond donors (Lipinski definition) is 0. The van der Waals surface area contributed by atoms with E-state index in [0.29, 0.717) is 37.6 Å². The molecule has 1 amide bonds. The van der Waals surface area contributed by atoms with Gasteiger partial charge < -0.3 is 19.1 Å². The van der Waals surface area contributed by atoms with Crippen LogP contribution in [0.1, 0.15) is 22.4 Å². The average molecular weight is 531 g/mol. The second-order valence-corrected chi connectivity index (χ2v) is 11.5. The minimum Gasteiger partial charge on any atom is -0.454 e. The van der Waals surface area contributed by atoms with Crippen molar-refractivity contribution in [2.75, 3.05) is 33.6 Å². The third kappa shape index (κ3) is 6.44. The molecule has 0 saturated carbocycles. The van der Waals surface area contributed by atoms with Crippen LogP contribution in [0.3, 0.4) is 0 Å². The van der Waals surface area contributed by atoms with Gasteiger partial charge in [0, 0.05) is 31.7 Å². The van der Waals surface area contributed by atoms with Crippen LogP contribution in [-0.2, 0) is 32.6 Å². The zero-order valence-corrected chi connectivity index (χ0v) is 22.0. The Morgan fingerprint density at radius 2 is 1.83 bits per heavy atom. The molecule has 192 valence electrons. The van der Waals surface area contributed by atoms with E-state index in [9.17, 15) is 13.2 Å². The Hall–Kier alpha value is -2.92. The average Bonchev–Trinajstić information content (AvgIpc) is 3.55. The number of sulfonamides is 1. The van der Waals surface area contributed by atoms with Gasteiger partial charge >= 0.3 is 0 Å². The lowest BCUT2D eigenvalue weighted by Crippen LogP contribution is -2.43. The van der Waals surface area contributed by atoms with Crippen molar-refractivity contribution in [2.24, 2.45) is 0 Å². The van der Waals surface area contributed by atoms with Crippen molar-refractivity contribution in [1.29, 1.82) is 0 Å². The normalized spacial score (nSPS) is 12.8. The fourth-order valence-corrected chi connectivity index (χ4v) is 6.01. The van der Waals surface area contributed by atoms with Crippen molar-refractivity contribution in [1.82, 2.24) is 9.21 Å². The van der Waals surface area contributed by atoms with Crippen molar-refractivity contribution in [3.63, 3.8) is 0 Å². The lowest BCUT2D eigenvalue weighted by molar-refractivity contribution is -0.132. The molecule has 0 saturated heterocycles. The first-order chi connectivity index (χ1) is 17.4. The van der Waals surface area contributed by atoms with E-state index in [4.69, 9.17) is 14.2 Å². The molecule has 0 bridgehead atoms. The lowest BCUT2D eigenvalue weighted by Gasteiger charge is -2.27. The standard InChI is InChI=1S/C26H30N2O6S2/c1-20-6-9-23(10-7-20)36(30,31)28(12-4-13-32-2)18-26(29)27(17-22-5-3-14-35-22)16-21-8-11-24-25(15-21)34-19-33-24/h3,5-11,14-15H,4,12-13,16-19H2,1-2H3. The summed E-state index contributed by atoms with van der Waals surface area (Å²) in [5.74, 6) is 1.02. The summed E-state index contributed by atoms with van der Waals surface area (Å²) < 4.78 is 44.2. The molecule has 0 atom stereocenters. The first-order valence-electron chi connectivity index (χ1n) is 11.6. The summed E-state index contributed by atoms with van der Waals surface area (Å²) in [6, 6.07) is 16.1. The number of aryl methyl sites for hydroxylation is 1. The number of fused-ring (bicyclic) bond motifs is 1. The fourth-order valence-electron chi connectivity index (χ4n) is 3.86. The fraction of sp³-hybridized carbons (Fsp3) is 0.346. The van der Waals surface area contributed by atoms with Crippen LogP contribution in [0, 0.1) is 6.92 Å². The van der Waals surface area contributed by atoms with Gasteiger partial charge in [0.05, 0.1) is 18.0 Å². The van der Waals surface area contributed by atoms with E-state index in [1.807, 2.05) is 42.6 Å². The minimum absolute atomic E-state index is 0.166. The van der Waals surface area contributed by atoms with E-state index in [2.05, 4.69) is 0 Å². The van der Waals surface area contributed by atoms with Gasteiger partial charge in [0.2, 0.25) is 22.7 Å². The molecule has 3 aromatic rings. The Bertz CT molecular complexity index is 1260. The van der Waals surface area contributed by atoms with E-state index < -0.39 is 10.0 Å². The van der Waals surface area contributed by atoms with Crippen LogP contribution in [-0.4, -0.2) is 57.1 Å². The smallest absolute Gasteiger partial charge is 0.243 e. The topological polar surface area (TPSA) is 85.4 Å². The zero-order valence-electron chi connectivity index (χ0n) is 20.4. The highest BCUT2D eigenvalue weighted by atomic mass is 32.2. The molecule has 4 rings (SSSR count). The van der Waals surface area contributed by atoms with Gasteiger partial charge in [-0.25, -0.2) is 8.42 Å². The quantitative estimate of drug-likeness (QED) is 0.329. The van der Waals surface area contributed by atoms with Crippen molar-refractivity contribution in [3.05, 3.63) is 76.0 Å². The summed E-state index contributed by atoms with van der Waals surface area (Å²) in [6.07, 6.45) is 0.474. The molecule has 8 nitrogen and oxygen atoms in total. The van der Waals surface area contributed by atoms with Gasteiger partial charge in [0.15, 0.2) is 11.5 Å². The van der Waals surface area contributed by atoms with E-state index >= 15 is 0 Å². The van der Waals surface area contributed by atoms with Gasteiger partial charge in [0.1, 0.15) is 0 Å².